The fraction of sp³-hybridized carbons (Fsp3) is 0.588. The van der Waals surface area contributed by atoms with Crippen LogP contribution in [-0.2, 0) is 11.3 Å². The third kappa shape index (κ3) is 4.97. The summed E-state index contributed by atoms with van der Waals surface area (Å²) in [5.74, 6) is 0.154. The first-order valence-corrected chi connectivity index (χ1v) is 7.85. The maximum absolute atomic E-state index is 12.9. The highest BCUT2D eigenvalue weighted by Gasteiger charge is 2.25. The summed E-state index contributed by atoms with van der Waals surface area (Å²) in [5, 5.41) is 3.36. The summed E-state index contributed by atoms with van der Waals surface area (Å²) in [5.41, 5.74) is 1.82. The van der Waals surface area contributed by atoms with Crippen LogP contribution in [0.5, 0.6) is 0 Å². The van der Waals surface area contributed by atoms with E-state index in [1.165, 1.54) is 0 Å². The van der Waals surface area contributed by atoms with Crippen molar-refractivity contribution >= 4 is 18.3 Å². The maximum atomic E-state index is 12.9. The predicted molar refractivity (Wildman–Crippen MR) is 91.6 cm³/mol. The Morgan fingerprint density at radius 1 is 1.36 bits per heavy atom. The Hall–Kier alpha value is -1.10. The molecule has 4 nitrogen and oxygen atoms in total. The number of methoxy groups -OCH3 is 1. The minimum Gasteiger partial charge on any atom is -0.380 e. The molecule has 1 N–H and O–H groups in total. The van der Waals surface area contributed by atoms with E-state index in [-0.39, 0.29) is 18.3 Å². The van der Waals surface area contributed by atoms with Gasteiger partial charge in [-0.15, -0.1) is 12.4 Å². The summed E-state index contributed by atoms with van der Waals surface area (Å²) >= 11 is 0. The van der Waals surface area contributed by atoms with Crippen molar-refractivity contribution in [2.45, 2.75) is 38.8 Å². The zero-order chi connectivity index (χ0) is 15.1. The Labute approximate surface area is 139 Å². The summed E-state index contributed by atoms with van der Waals surface area (Å²) in [6.07, 6.45) is 3.08. The molecule has 22 heavy (non-hydrogen) atoms. The van der Waals surface area contributed by atoms with Gasteiger partial charge in [-0.1, -0.05) is 19.1 Å². The summed E-state index contributed by atoms with van der Waals surface area (Å²) in [6.45, 7) is 5.51. The second-order valence-corrected chi connectivity index (χ2v) is 5.61. The number of benzene rings is 1. The molecule has 1 aliphatic rings. The maximum Gasteiger partial charge on any atom is 0.254 e. The highest BCUT2D eigenvalue weighted by Crippen LogP contribution is 2.17. The highest BCUT2D eigenvalue weighted by atomic mass is 35.5. The molecule has 1 heterocycles. The zero-order valence-electron chi connectivity index (χ0n) is 13.5. The van der Waals surface area contributed by atoms with Gasteiger partial charge in [-0.25, -0.2) is 0 Å². The number of nitrogens with zero attached hydrogens (tertiary/aromatic N) is 1. The van der Waals surface area contributed by atoms with Crippen LogP contribution >= 0.6 is 12.4 Å². The molecule has 0 spiro atoms. The Balaban J connectivity index is 0.00000242. The van der Waals surface area contributed by atoms with Crippen molar-refractivity contribution in [3.63, 3.8) is 0 Å². The highest BCUT2D eigenvalue weighted by molar-refractivity contribution is 5.94. The van der Waals surface area contributed by atoms with E-state index in [9.17, 15) is 4.79 Å². The average molecular weight is 327 g/mol. The minimum absolute atomic E-state index is 0. The van der Waals surface area contributed by atoms with E-state index < -0.39 is 0 Å². The van der Waals surface area contributed by atoms with Crippen LogP contribution in [0.4, 0.5) is 0 Å². The van der Waals surface area contributed by atoms with Crippen LogP contribution < -0.4 is 5.32 Å². The van der Waals surface area contributed by atoms with Crippen LogP contribution in [0.3, 0.4) is 0 Å². The summed E-state index contributed by atoms with van der Waals surface area (Å²) in [6, 6.07) is 8.16. The topological polar surface area (TPSA) is 41.6 Å². The number of carbonyl (C=O) groups excluding carboxylic acids is 1. The third-order valence-corrected chi connectivity index (χ3v) is 3.96. The average Bonchev–Trinajstić information content (AvgIpc) is 2.53. The molecule has 0 aliphatic carbocycles. The van der Waals surface area contributed by atoms with Crippen molar-refractivity contribution in [1.82, 2.24) is 10.2 Å². The normalized spacial score (nSPS) is 15.2. The van der Waals surface area contributed by atoms with E-state index in [1.54, 1.807) is 7.11 Å². The Kier molecular flexibility index (Phi) is 8.46. The number of ether oxygens (including phenoxy) is 1. The Morgan fingerprint density at radius 3 is 2.73 bits per heavy atom. The largest absolute Gasteiger partial charge is 0.380 e. The van der Waals surface area contributed by atoms with Crippen LogP contribution in [0.15, 0.2) is 24.3 Å². The van der Waals surface area contributed by atoms with Gasteiger partial charge in [-0.2, -0.15) is 0 Å². The number of piperidine rings is 1. The molecular formula is C17H27ClN2O2. The van der Waals surface area contributed by atoms with Gasteiger partial charge in [0.1, 0.15) is 0 Å². The Bertz CT molecular complexity index is 462. The van der Waals surface area contributed by atoms with Crippen molar-refractivity contribution in [2.24, 2.45) is 0 Å². The quantitative estimate of drug-likeness (QED) is 0.874. The number of amides is 1. The van der Waals surface area contributed by atoms with E-state index in [2.05, 4.69) is 17.1 Å². The SMILES string of the molecule is CCCN(C(=O)c1cccc(COC)c1)C1CCNCC1.Cl. The molecule has 1 aromatic rings. The lowest BCUT2D eigenvalue weighted by Crippen LogP contribution is -2.46. The zero-order valence-corrected chi connectivity index (χ0v) is 14.3. The fourth-order valence-corrected chi connectivity index (χ4v) is 2.94. The molecule has 0 atom stereocenters. The second kappa shape index (κ2) is 9.82. The lowest BCUT2D eigenvalue weighted by Gasteiger charge is -2.34. The molecule has 0 bridgehead atoms. The van der Waals surface area contributed by atoms with E-state index in [4.69, 9.17) is 4.74 Å². The molecule has 0 aromatic heterocycles. The lowest BCUT2D eigenvalue weighted by atomic mass is 10.0. The number of carbonyl (C=O) groups is 1. The molecular weight excluding hydrogens is 300 g/mol. The van der Waals surface area contributed by atoms with Crippen molar-refractivity contribution in [2.75, 3.05) is 26.7 Å². The molecule has 0 saturated carbocycles. The number of nitrogens with one attached hydrogen (secondary N) is 1. The van der Waals surface area contributed by atoms with E-state index in [0.29, 0.717) is 12.6 Å². The fourth-order valence-electron chi connectivity index (χ4n) is 2.94. The molecule has 5 heteroatoms. The van der Waals surface area contributed by atoms with E-state index in [1.807, 2.05) is 24.3 Å². The van der Waals surface area contributed by atoms with Gasteiger partial charge in [0.05, 0.1) is 6.61 Å². The van der Waals surface area contributed by atoms with Crippen LogP contribution in [0, 0.1) is 0 Å². The number of hydrogen-bond acceptors (Lipinski definition) is 3. The van der Waals surface area contributed by atoms with Gasteiger partial charge < -0.3 is 15.0 Å². The van der Waals surface area contributed by atoms with Gasteiger partial charge in [0.25, 0.3) is 5.91 Å². The van der Waals surface area contributed by atoms with Gasteiger partial charge in [-0.05, 0) is 50.0 Å². The Morgan fingerprint density at radius 2 is 2.09 bits per heavy atom. The van der Waals surface area contributed by atoms with Crippen LogP contribution in [0.2, 0.25) is 0 Å². The first kappa shape index (κ1) is 18.9. The molecule has 0 unspecified atom stereocenters. The predicted octanol–water partition coefficient (Wildman–Crippen LogP) is 2.86. The van der Waals surface area contributed by atoms with Crippen LogP contribution in [0.1, 0.15) is 42.1 Å². The molecule has 2 rings (SSSR count). The van der Waals surface area contributed by atoms with Crippen molar-refractivity contribution in [3.8, 4) is 0 Å². The molecule has 1 aliphatic heterocycles. The molecule has 1 aromatic carbocycles. The van der Waals surface area contributed by atoms with Gasteiger partial charge in [0.15, 0.2) is 0 Å². The molecule has 1 amide bonds. The van der Waals surface area contributed by atoms with Gasteiger partial charge in [-0.3, -0.25) is 4.79 Å². The third-order valence-electron chi connectivity index (χ3n) is 3.96. The van der Waals surface area contributed by atoms with Gasteiger partial charge in [0.2, 0.25) is 0 Å². The van der Waals surface area contributed by atoms with Gasteiger partial charge >= 0.3 is 0 Å². The molecule has 1 fully saturated rings. The van der Waals surface area contributed by atoms with E-state index >= 15 is 0 Å². The smallest absolute Gasteiger partial charge is 0.254 e. The van der Waals surface area contributed by atoms with Crippen molar-refractivity contribution in [1.29, 1.82) is 0 Å². The second-order valence-electron chi connectivity index (χ2n) is 5.61. The molecule has 0 radical (unpaired) electrons. The number of halogens is 1. The van der Waals surface area contributed by atoms with Crippen LogP contribution in [0.25, 0.3) is 0 Å². The standard InChI is InChI=1S/C17H26N2O2.ClH/c1-3-11-19(16-7-9-18-10-8-16)17(20)15-6-4-5-14(12-15)13-21-2;/h4-6,12,16,18H,3,7-11,13H2,1-2H3;1H. The van der Waals surface area contributed by atoms with Crippen molar-refractivity contribution in [3.05, 3.63) is 35.4 Å². The lowest BCUT2D eigenvalue weighted by molar-refractivity contribution is 0.0642. The van der Waals surface area contributed by atoms with Crippen molar-refractivity contribution < 1.29 is 9.53 Å². The summed E-state index contributed by atoms with van der Waals surface area (Å²) < 4.78 is 5.15. The van der Waals surface area contributed by atoms with E-state index in [0.717, 1.165) is 50.0 Å². The number of hydrogen-bond donors (Lipinski definition) is 1. The van der Waals surface area contributed by atoms with Gasteiger partial charge in [0, 0.05) is 25.3 Å². The molecule has 1 saturated heterocycles. The first-order valence-electron chi connectivity index (χ1n) is 7.85. The first-order chi connectivity index (χ1) is 10.3. The minimum atomic E-state index is 0. The molecule has 124 valence electrons. The summed E-state index contributed by atoms with van der Waals surface area (Å²) in [7, 11) is 1.67. The monoisotopic (exact) mass is 326 g/mol. The number of rotatable bonds is 6. The summed E-state index contributed by atoms with van der Waals surface area (Å²) in [4.78, 5) is 14.9. The van der Waals surface area contributed by atoms with Crippen LogP contribution in [-0.4, -0.2) is 43.6 Å².